The molecule has 15 heavy (non-hydrogen) atoms. The molecule has 80 valence electrons. The molecule has 3 nitrogen and oxygen atoms in total. The van der Waals surface area contributed by atoms with Gasteiger partial charge in [-0.1, -0.05) is 13.0 Å². The summed E-state index contributed by atoms with van der Waals surface area (Å²) in [7, 11) is 0. The minimum Gasteiger partial charge on any atom is -0.398 e. The lowest BCUT2D eigenvalue weighted by Gasteiger charge is -2.17. The van der Waals surface area contributed by atoms with Crippen LogP contribution in [0, 0.1) is 6.92 Å². The molecule has 0 spiro atoms. The number of carbonyl (C=O) groups is 1. The Labute approximate surface area is 89.9 Å². The maximum atomic E-state index is 11.7. The van der Waals surface area contributed by atoms with Crippen molar-refractivity contribution in [3.63, 3.8) is 0 Å². The third kappa shape index (κ3) is 1.58. The molecule has 1 amide bonds. The van der Waals surface area contributed by atoms with E-state index in [1.807, 2.05) is 24.8 Å². The van der Waals surface area contributed by atoms with Crippen LogP contribution in [0.3, 0.4) is 0 Å². The van der Waals surface area contributed by atoms with E-state index in [2.05, 4.69) is 6.07 Å². The number of nitrogens with zero attached hydrogens (tertiary/aromatic N) is 1. The number of hydrogen-bond donors (Lipinski definition) is 1. The molecule has 0 radical (unpaired) electrons. The molecule has 0 aromatic heterocycles. The third-order valence-electron chi connectivity index (χ3n) is 2.97. The van der Waals surface area contributed by atoms with Crippen LogP contribution in [0.25, 0.3) is 0 Å². The first kappa shape index (κ1) is 10.0. The third-order valence-corrected chi connectivity index (χ3v) is 2.97. The molecule has 0 bridgehead atoms. The van der Waals surface area contributed by atoms with E-state index in [1.165, 1.54) is 5.56 Å². The molecule has 2 N–H and O–H groups in total. The van der Waals surface area contributed by atoms with Crippen molar-refractivity contribution >= 4 is 17.3 Å². The lowest BCUT2D eigenvalue weighted by molar-refractivity contribution is -0.118. The van der Waals surface area contributed by atoms with Crippen LogP contribution in [0.4, 0.5) is 11.4 Å². The Balaban J connectivity index is 2.42. The quantitative estimate of drug-likeness (QED) is 0.710. The van der Waals surface area contributed by atoms with Crippen molar-refractivity contribution in [1.82, 2.24) is 0 Å². The first-order valence-corrected chi connectivity index (χ1v) is 5.33. The smallest absolute Gasteiger partial charge is 0.226 e. The van der Waals surface area contributed by atoms with Crippen LogP contribution in [0.1, 0.15) is 24.5 Å². The van der Waals surface area contributed by atoms with E-state index in [1.54, 1.807) is 0 Å². The Morgan fingerprint density at radius 3 is 2.93 bits per heavy atom. The largest absolute Gasteiger partial charge is 0.398 e. The normalized spacial score (nSPS) is 14.1. The van der Waals surface area contributed by atoms with Crippen LogP contribution in [0.15, 0.2) is 12.1 Å². The Bertz CT molecular complexity index is 412. The SMILES string of the molecule is CCC(=O)N1CCc2cc(C)c(N)cc21. The van der Waals surface area contributed by atoms with Gasteiger partial charge in [0.05, 0.1) is 0 Å². The highest BCUT2D eigenvalue weighted by molar-refractivity contribution is 5.96. The van der Waals surface area contributed by atoms with Crippen molar-refractivity contribution in [2.45, 2.75) is 26.7 Å². The summed E-state index contributed by atoms with van der Waals surface area (Å²) in [6.45, 7) is 4.68. The van der Waals surface area contributed by atoms with Crippen LogP contribution >= 0.6 is 0 Å². The highest BCUT2D eigenvalue weighted by Crippen LogP contribution is 2.32. The minimum absolute atomic E-state index is 0.178. The maximum Gasteiger partial charge on any atom is 0.226 e. The van der Waals surface area contributed by atoms with Crippen molar-refractivity contribution in [3.8, 4) is 0 Å². The van der Waals surface area contributed by atoms with Gasteiger partial charge >= 0.3 is 0 Å². The number of nitrogen functional groups attached to an aromatic ring is 1. The zero-order valence-corrected chi connectivity index (χ0v) is 9.21. The lowest BCUT2D eigenvalue weighted by atomic mass is 10.1. The van der Waals surface area contributed by atoms with Crippen LogP contribution in [0.2, 0.25) is 0 Å². The zero-order valence-electron chi connectivity index (χ0n) is 9.21. The van der Waals surface area contributed by atoms with E-state index in [-0.39, 0.29) is 5.91 Å². The molecule has 2 rings (SSSR count). The Kier molecular flexibility index (Phi) is 2.39. The zero-order chi connectivity index (χ0) is 11.0. The summed E-state index contributed by atoms with van der Waals surface area (Å²) in [5, 5.41) is 0. The average Bonchev–Trinajstić information content (AvgIpc) is 2.61. The molecule has 0 saturated carbocycles. The van der Waals surface area contributed by atoms with E-state index in [0.29, 0.717) is 6.42 Å². The number of carbonyl (C=O) groups excluding carboxylic acids is 1. The highest BCUT2D eigenvalue weighted by Gasteiger charge is 2.23. The molecule has 0 unspecified atom stereocenters. The Morgan fingerprint density at radius 2 is 2.27 bits per heavy atom. The molecule has 0 aliphatic carbocycles. The molecule has 1 aliphatic heterocycles. The molecular formula is C12H16N2O. The summed E-state index contributed by atoms with van der Waals surface area (Å²) in [5.74, 6) is 0.178. The van der Waals surface area contributed by atoms with Gasteiger partial charge in [0.15, 0.2) is 0 Å². The van der Waals surface area contributed by atoms with Crippen LogP contribution in [-0.2, 0) is 11.2 Å². The summed E-state index contributed by atoms with van der Waals surface area (Å²) in [4.78, 5) is 13.5. The second-order valence-electron chi connectivity index (χ2n) is 3.99. The minimum atomic E-state index is 0.178. The predicted molar refractivity (Wildman–Crippen MR) is 61.9 cm³/mol. The number of anilines is 2. The van der Waals surface area contributed by atoms with Gasteiger partial charge in [0.2, 0.25) is 5.91 Å². The van der Waals surface area contributed by atoms with Crippen molar-refractivity contribution < 1.29 is 4.79 Å². The summed E-state index contributed by atoms with van der Waals surface area (Å²) in [6.07, 6.45) is 1.50. The van der Waals surface area contributed by atoms with Gasteiger partial charge in [0.25, 0.3) is 0 Å². The topological polar surface area (TPSA) is 46.3 Å². The standard InChI is InChI=1S/C12H16N2O/c1-3-12(15)14-5-4-9-6-8(2)10(13)7-11(9)14/h6-7H,3-5,13H2,1-2H3. The van der Waals surface area contributed by atoms with E-state index in [4.69, 9.17) is 5.73 Å². The number of benzene rings is 1. The van der Waals surface area contributed by atoms with Crippen molar-refractivity contribution in [2.75, 3.05) is 17.2 Å². The highest BCUT2D eigenvalue weighted by atomic mass is 16.2. The van der Waals surface area contributed by atoms with E-state index < -0.39 is 0 Å². The molecular weight excluding hydrogens is 188 g/mol. The average molecular weight is 204 g/mol. The summed E-state index contributed by atoms with van der Waals surface area (Å²) < 4.78 is 0. The second-order valence-corrected chi connectivity index (χ2v) is 3.99. The van der Waals surface area contributed by atoms with Gasteiger partial charge in [-0.2, -0.15) is 0 Å². The number of fused-ring (bicyclic) bond motifs is 1. The van der Waals surface area contributed by atoms with Crippen molar-refractivity contribution in [1.29, 1.82) is 0 Å². The van der Waals surface area contributed by atoms with Gasteiger partial charge in [-0.25, -0.2) is 0 Å². The van der Waals surface area contributed by atoms with Crippen molar-refractivity contribution in [3.05, 3.63) is 23.3 Å². The van der Waals surface area contributed by atoms with Crippen LogP contribution < -0.4 is 10.6 Å². The summed E-state index contributed by atoms with van der Waals surface area (Å²) in [6, 6.07) is 4.01. The first-order valence-electron chi connectivity index (χ1n) is 5.33. The number of hydrogen-bond acceptors (Lipinski definition) is 2. The summed E-state index contributed by atoms with van der Waals surface area (Å²) >= 11 is 0. The molecule has 0 fully saturated rings. The van der Waals surface area contributed by atoms with Gasteiger partial charge in [-0.3, -0.25) is 4.79 Å². The lowest BCUT2D eigenvalue weighted by Crippen LogP contribution is -2.27. The Morgan fingerprint density at radius 1 is 1.53 bits per heavy atom. The van der Waals surface area contributed by atoms with Gasteiger partial charge in [-0.05, 0) is 30.5 Å². The Hall–Kier alpha value is -1.51. The number of amides is 1. The number of aryl methyl sites for hydroxylation is 1. The van der Waals surface area contributed by atoms with E-state index >= 15 is 0 Å². The fourth-order valence-corrected chi connectivity index (χ4v) is 2.03. The fraction of sp³-hybridized carbons (Fsp3) is 0.417. The van der Waals surface area contributed by atoms with Gasteiger partial charge in [0.1, 0.15) is 0 Å². The maximum absolute atomic E-state index is 11.7. The first-order chi connectivity index (χ1) is 7.13. The molecule has 3 heteroatoms. The number of rotatable bonds is 1. The van der Waals surface area contributed by atoms with Gasteiger partial charge < -0.3 is 10.6 Å². The molecule has 1 aromatic carbocycles. The molecule has 0 atom stereocenters. The fourth-order valence-electron chi connectivity index (χ4n) is 2.03. The molecule has 1 aliphatic rings. The second kappa shape index (κ2) is 3.57. The van der Waals surface area contributed by atoms with Gasteiger partial charge in [-0.15, -0.1) is 0 Å². The van der Waals surface area contributed by atoms with Crippen LogP contribution in [-0.4, -0.2) is 12.5 Å². The monoisotopic (exact) mass is 204 g/mol. The molecule has 1 aromatic rings. The van der Waals surface area contributed by atoms with Crippen LogP contribution in [0.5, 0.6) is 0 Å². The summed E-state index contributed by atoms with van der Waals surface area (Å²) in [5.41, 5.74) is 9.97. The predicted octanol–water partition coefficient (Wildman–Crippen LogP) is 1.88. The van der Waals surface area contributed by atoms with Gasteiger partial charge in [0, 0.05) is 24.3 Å². The number of nitrogens with two attached hydrogens (primary N) is 1. The molecule has 1 heterocycles. The van der Waals surface area contributed by atoms with Crippen molar-refractivity contribution in [2.24, 2.45) is 0 Å². The van der Waals surface area contributed by atoms with E-state index in [9.17, 15) is 4.79 Å². The molecule has 0 saturated heterocycles. The van der Waals surface area contributed by atoms with E-state index in [0.717, 1.165) is 29.9 Å².